The molecule has 0 saturated heterocycles. The van der Waals surface area contributed by atoms with Crippen molar-refractivity contribution in [3.63, 3.8) is 0 Å². The Hall–Kier alpha value is -1.92. The van der Waals surface area contributed by atoms with E-state index in [1.807, 2.05) is 0 Å². The zero-order valence-electron chi connectivity index (χ0n) is 9.91. The van der Waals surface area contributed by atoms with E-state index in [0.29, 0.717) is 12.3 Å². The summed E-state index contributed by atoms with van der Waals surface area (Å²) in [6.07, 6.45) is -6.27. The van der Waals surface area contributed by atoms with Gasteiger partial charge in [0.25, 0.3) is 0 Å². The number of carboxylic acid groups (broad SMARTS) is 1. The van der Waals surface area contributed by atoms with E-state index in [1.54, 1.807) is 18.2 Å². The maximum Gasteiger partial charge on any atom is 0.407 e. The van der Waals surface area contributed by atoms with Crippen molar-refractivity contribution in [2.24, 2.45) is 0 Å². The van der Waals surface area contributed by atoms with Crippen molar-refractivity contribution in [3.8, 4) is 5.75 Å². The molecular weight excluding hydrogens is 263 g/mol. The Morgan fingerprint density at radius 3 is 2.63 bits per heavy atom. The number of rotatable bonds is 3. The van der Waals surface area contributed by atoms with Gasteiger partial charge in [-0.25, -0.2) is 4.79 Å². The van der Waals surface area contributed by atoms with Crippen LogP contribution in [0.5, 0.6) is 5.75 Å². The van der Waals surface area contributed by atoms with Crippen molar-refractivity contribution in [1.82, 2.24) is 4.90 Å². The van der Waals surface area contributed by atoms with E-state index in [9.17, 15) is 18.0 Å². The number of halogens is 3. The van der Waals surface area contributed by atoms with Crippen LogP contribution in [-0.4, -0.2) is 28.9 Å². The third-order valence-corrected chi connectivity index (χ3v) is 2.82. The molecule has 1 N–H and O–H groups in total. The first-order chi connectivity index (χ1) is 8.85. The molecule has 1 aromatic rings. The minimum Gasteiger partial charge on any atom is -0.493 e. The van der Waals surface area contributed by atoms with Crippen LogP contribution in [0.3, 0.4) is 0 Å². The largest absolute Gasteiger partial charge is 0.493 e. The zero-order chi connectivity index (χ0) is 14.0. The second-order valence-corrected chi connectivity index (χ2v) is 4.28. The summed E-state index contributed by atoms with van der Waals surface area (Å²) in [6, 6.07) is 4.83. The van der Waals surface area contributed by atoms with Gasteiger partial charge in [0, 0.05) is 13.1 Å². The number of benzene rings is 1. The lowest BCUT2D eigenvalue weighted by Crippen LogP contribution is -2.22. The Kier molecular flexibility index (Phi) is 3.55. The van der Waals surface area contributed by atoms with Crippen LogP contribution in [0.4, 0.5) is 18.0 Å². The maximum absolute atomic E-state index is 12.0. The van der Waals surface area contributed by atoms with Crippen LogP contribution in [0.2, 0.25) is 0 Å². The summed E-state index contributed by atoms with van der Waals surface area (Å²) in [5.74, 6) is 0.329. The van der Waals surface area contributed by atoms with E-state index < -0.39 is 25.3 Å². The van der Waals surface area contributed by atoms with Crippen LogP contribution in [0, 0.1) is 0 Å². The average Bonchev–Trinajstić information content (AvgIpc) is 2.70. The molecule has 7 heteroatoms. The van der Waals surface area contributed by atoms with Gasteiger partial charge in [0.2, 0.25) is 0 Å². The number of hydrogen-bond acceptors (Lipinski definition) is 2. The summed E-state index contributed by atoms with van der Waals surface area (Å²) in [5.41, 5.74) is 1.62. The van der Waals surface area contributed by atoms with Crippen LogP contribution < -0.4 is 4.74 Å². The van der Waals surface area contributed by atoms with E-state index in [0.717, 1.165) is 11.1 Å². The average molecular weight is 275 g/mol. The first-order valence-electron chi connectivity index (χ1n) is 5.64. The molecule has 0 radical (unpaired) electrons. The topological polar surface area (TPSA) is 49.8 Å². The molecule has 0 unspecified atom stereocenters. The summed E-state index contributed by atoms with van der Waals surface area (Å²) in [5, 5.41) is 8.86. The predicted octanol–water partition coefficient (Wildman–Crippen LogP) is 3.01. The van der Waals surface area contributed by atoms with Gasteiger partial charge < -0.3 is 9.84 Å². The van der Waals surface area contributed by atoms with E-state index in [-0.39, 0.29) is 6.54 Å². The number of amides is 1. The fraction of sp³-hybridized carbons (Fsp3) is 0.417. The number of carbonyl (C=O) groups is 1. The molecule has 1 aliphatic heterocycles. The van der Waals surface area contributed by atoms with Gasteiger partial charge in [-0.3, -0.25) is 4.90 Å². The fourth-order valence-corrected chi connectivity index (χ4v) is 1.88. The molecule has 1 heterocycles. The van der Waals surface area contributed by atoms with Crippen LogP contribution >= 0.6 is 0 Å². The molecule has 0 spiro atoms. The van der Waals surface area contributed by atoms with Crippen molar-refractivity contribution in [1.29, 1.82) is 0 Å². The maximum atomic E-state index is 12.0. The lowest BCUT2D eigenvalue weighted by atomic mass is 10.1. The standard InChI is InChI=1S/C12H12F3NO3/c13-12(14,15)3-4-19-10-2-1-8-6-16(11(17)18)7-9(8)5-10/h1-2,5H,3-4,6-7H2,(H,17,18). The molecule has 0 fully saturated rings. The fourth-order valence-electron chi connectivity index (χ4n) is 1.88. The number of alkyl halides is 3. The summed E-state index contributed by atoms with van der Waals surface area (Å²) in [7, 11) is 0. The Balaban J connectivity index is 1.96. The van der Waals surface area contributed by atoms with Crippen molar-refractivity contribution in [2.45, 2.75) is 25.7 Å². The molecule has 0 bridgehead atoms. The van der Waals surface area contributed by atoms with Gasteiger partial charge in [0.15, 0.2) is 0 Å². The van der Waals surface area contributed by atoms with Crippen molar-refractivity contribution in [2.75, 3.05) is 6.61 Å². The summed E-state index contributed by atoms with van der Waals surface area (Å²) < 4.78 is 40.9. The monoisotopic (exact) mass is 275 g/mol. The van der Waals surface area contributed by atoms with E-state index in [1.165, 1.54) is 4.90 Å². The highest BCUT2D eigenvalue weighted by atomic mass is 19.4. The van der Waals surface area contributed by atoms with Gasteiger partial charge >= 0.3 is 12.3 Å². The molecule has 104 valence electrons. The SMILES string of the molecule is O=C(O)N1Cc2ccc(OCCC(F)(F)F)cc2C1. The van der Waals surface area contributed by atoms with Crippen molar-refractivity contribution in [3.05, 3.63) is 29.3 Å². The minimum absolute atomic E-state index is 0.237. The number of nitrogens with zero attached hydrogens (tertiary/aromatic N) is 1. The summed E-state index contributed by atoms with van der Waals surface area (Å²) in [6.45, 7) is 0.0968. The molecule has 0 aliphatic carbocycles. The highest BCUT2D eigenvalue weighted by molar-refractivity contribution is 5.66. The van der Waals surface area contributed by atoms with Gasteiger partial charge in [0.05, 0.1) is 13.0 Å². The molecule has 2 rings (SSSR count). The lowest BCUT2D eigenvalue weighted by Gasteiger charge is -2.09. The van der Waals surface area contributed by atoms with Gasteiger partial charge in [-0.15, -0.1) is 0 Å². The molecule has 19 heavy (non-hydrogen) atoms. The van der Waals surface area contributed by atoms with Crippen molar-refractivity contribution >= 4 is 6.09 Å². The highest BCUT2D eigenvalue weighted by Gasteiger charge is 2.27. The molecular formula is C12H12F3NO3. The summed E-state index contributed by atoms with van der Waals surface area (Å²) in [4.78, 5) is 12.0. The third kappa shape index (κ3) is 3.52. The zero-order valence-corrected chi connectivity index (χ0v) is 9.91. The van der Waals surface area contributed by atoms with E-state index >= 15 is 0 Å². The molecule has 1 aromatic carbocycles. The van der Waals surface area contributed by atoms with Crippen LogP contribution in [-0.2, 0) is 13.1 Å². The summed E-state index contributed by atoms with van der Waals surface area (Å²) >= 11 is 0. The number of hydrogen-bond donors (Lipinski definition) is 1. The van der Waals surface area contributed by atoms with Crippen molar-refractivity contribution < 1.29 is 27.8 Å². The predicted molar refractivity (Wildman–Crippen MR) is 59.9 cm³/mol. The Morgan fingerprint density at radius 2 is 2.00 bits per heavy atom. The van der Waals surface area contributed by atoms with Gasteiger partial charge in [-0.05, 0) is 23.3 Å². The lowest BCUT2D eigenvalue weighted by molar-refractivity contribution is -0.139. The highest BCUT2D eigenvalue weighted by Crippen LogP contribution is 2.27. The molecule has 0 aromatic heterocycles. The molecule has 1 aliphatic rings. The first-order valence-corrected chi connectivity index (χ1v) is 5.64. The van der Waals surface area contributed by atoms with Crippen LogP contribution in [0.15, 0.2) is 18.2 Å². The Morgan fingerprint density at radius 1 is 1.32 bits per heavy atom. The second kappa shape index (κ2) is 4.99. The molecule has 0 atom stereocenters. The molecule has 0 saturated carbocycles. The van der Waals surface area contributed by atoms with Crippen LogP contribution in [0.1, 0.15) is 17.5 Å². The third-order valence-electron chi connectivity index (χ3n) is 2.82. The Bertz CT molecular complexity index is 488. The number of ether oxygens (including phenoxy) is 1. The Labute approximate surface area is 107 Å². The van der Waals surface area contributed by atoms with E-state index in [4.69, 9.17) is 9.84 Å². The molecule has 4 nitrogen and oxygen atoms in total. The normalized spacial score (nSPS) is 14.4. The smallest absolute Gasteiger partial charge is 0.407 e. The van der Waals surface area contributed by atoms with Gasteiger partial charge in [-0.2, -0.15) is 13.2 Å². The molecule has 1 amide bonds. The van der Waals surface area contributed by atoms with E-state index in [2.05, 4.69) is 0 Å². The van der Waals surface area contributed by atoms with Gasteiger partial charge in [-0.1, -0.05) is 6.07 Å². The van der Waals surface area contributed by atoms with Gasteiger partial charge in [0.1, 0.15) is 5.75 Å². The quantitative estimate of drug-likeness (QED) is 0.922. The minimum atomic E-state index is -4.24. The number of fused-ring (bicyclic) bond motifs is 1. The van der Waals surface area contributed by atoms with Crippen LogP contribution in [0.25, 0.3) is 0 Å². The second-order valence-electron chi connectivity index (χ2n) is 4.28. The first kappa shape index (κ1) is 13.5.